The van der Waals surface area contributed by atoms with E-state index >= 15 is 0 Å². The number of piperazine rings is 1. The van der Waals surface area contributed by atoms with E-state index < -0.39 is 0 Å². The van der Waals surface area contributed by atoms with Gasteiger partial charge in [0.05, 0.1) is 11.6 Å². The SMILES string of the molecule is COc1ccc(C(N)CN2CCNCC2)cc1Br. The average Bonchev–Trinajstić information content (AvgIpc) is 2.39. The van der Waals surface area contributed by atoms with E-state index in [4.69, 9.17) is 10.5 Å². The van der Waals surface area contributed by atoms with Gasteiger partial charge in [-0.2, -0.15) is 0 Å². The maximum Gasteiger partial charge on any atom is 0.133 e. The van der Waals surface area contributed by atoms with Crippen molar-refractivity contribution in [3.8, 4) is 5.75 Å². The van der Waals surface area contributed by atoms with E-state index in [2.05, 4.69) is 26.1 Å². The van der Waals surface area contributed by atoms with Crippen molar-refractivity contribution in [1.82, 2.24) is 10.2 Å². The molecule has 18 heavy (non-hydrogen) atoms. The molecule has 0 saturated carbocycles. The molecule has 1 atom stereocenters. The summed E-state index contributed by atoms with van der Waals surface area (Å²) in [5.74, 6) is 0.841. The predicted molar refractivity (Wildman–Crippen MR) is 76.9 cm³/mol. The highest BCUT2D eigenvalue weighted by molar-refractivity contribution is 9.10. The molecule has 1 aliphatic heterocycles. The van der Waals surface area contributed by atoms with Gasteiger partial charge in [-0.1, -0.05) is 6.07 Å². The van der Waals surface area contributed by atoms with Crippen molar-refractivity contribution in [3.05, 3.63) is 28.2 Å². The summed E-state index contributed by atoms with van der Waals surface area (Å²) >= 11 is 3.50. The molecule has 0 bridgehead atoms. The summed E-state index contributed by atoms with van der Waals surface area (Å²) in [7, 11) is 1.67. The van der Waals surface area contributed by atoms with Crippen molar-refractivity contribution in [2.24, 2.45) is 5.73 Å². The lowest BCUT2D eigenvalue weighted by atomic mass is 10.1. The van der Waals surface area contributed by atoms with Crippen LogP contribution in [-0.4, -0.2) is 44.7 Å². The summed E-state index contributed by atoms with van der Waals surface area (Å²) in [5, 5.41) is 3.35. The van der Waals surface area contributed by atoms with Gasteiger partial charge in [-0.3, -0.25) is 4.90 Å². The van der Waals surface area contributed by atoms with Crippen LogP contribution in [0.1, 0.15) is 11.6 Å². The number of nitrogens with two attached hydrogens (primary N) is 1. The smallest absolute Gasteiger partial charge is 0.133 e. The third-order valence-electron chi connectivity index (χ3n) is 3.27. The van der Waals surface area contributed by atoms with E-state index in [0.717, 1.165) is 48.5 Å². The Labute approximate surface area is 117 Å². The number of methoxy groups -OCH3 is 1. The quantitative estimate of drug-likeness (QED) is 0.881. The maximum absolute atomic E-state index is 6.26. The summed E-state index contributed by atoms with van der Waals surface area (Å²) in [6, 6.07) is 6.09. The van der Waals surface area contributed by atoms with Crippen LogP contribution in [0, 0.1) is 0 Å². The highest BCUT2D eigenvalue weighted by atomic mass is 79.9. The highest BCUT2D eigenvalue weighted by Crippen LogP contribution is 2.27. The fourth-order valence-corrected chi connectivity index (χ4v) is 2.75. The molecule has 0 amide bonds. The first-order chi connectivity index (χ1) is 8.70. The Morgan fingerprint density at radius 2 is 2.17 bits per heavy atom. The van der Waals surface area contributed by atoms with Gasteiger partial charge in [0.25, 0.3) is 0 Å². The van der Waals surface area contributed by atoms with E-state index in [1.807, 2.05) is 18.2 Å². The molecule has 1 unspecified atom stereocenters. The zero-order valence-electron chi connectivity index (χ0n) is 10.7. The van der Waals surface area contributed by atoms with Crippen molar-refractivity contribution < 1.29 is 4.74 Å². The fraction of sp³-hybridized carbons (Fsp3) is 0.538. The summed E-state index contributed by atoms with van der Waals surface area (Å²) in [5.41, 5.74) is 7.40. The van der Waals surface area contributed by atoms with Crippen LogP contribution in [0.2, 0.25) is 0 Å². The van der Waals surface area contributed by atoms with Gasteiger partial charge in [-0.25, -0.2) is 0 Å². The number of hydrogen-bond donors (Lipinski definition) is 2. The van der Waals surface area contributed by atoms with Crippen LogP contribution < -0.4 is 15.8 Å². The third kappa shape index (κ3) is 3.45. The summed E-state index contributed by atoms with van der Waals surface area (Å²) in [6.07, 6.45) is 0. The molecule has 0 radical (unpaired) electrons. The number of rotatable bonds is 4. The predicted octanol–water partition coefficient (Wildman–Crippen LogP) is 1.36. The van der Waals surface area contributed by atoms with Gasteiger partial charge < -0.3 is 15.8 Å². The number of ether oxygens (including phenoxy) is 1. The van der Waals surface area contributed by atoms with Crippen molar-refractivity contribution in [1.29, 1.82) is 0 Å². The third-order valence-corrected chi connectivity index (χ3v) is 3.89. The molecule has 1 aromatic rings. The van der Waals surface area contributed by atoms with Crippen LogP contribution in [-0.2, 0) is 0 Å². The molecule has 0 aromatic heterocycles. The fourth-order valence-electron chi connectivity index (χ4n) is 2.19. The van der Waals surface area contributed by atoms with Gasteiger partial charge in [-0.05, 0) is 33.6 Å². The second-order valence-electron chi connectivity index (χ2n) is 4.55. The van der Waals surface area contributed by atoms with E-state index in [0.29, 0.717) is 0 Å². The van der Waals surface area contributed by atoms with E-state index in [1.54, 1.807) is 7.11 Å². The van der Waals surface area contributed by atoms with Gasteiger partial charge in [-0.15, -0.1) is 0 Å². The lowest BCUT2D eigenvalue weighted by molar-refractivity contribution is 0.228. The Bertz CT molecular complexity index is 394. The number of nitrogens with zero attached hydrogens (tertiary/aromatic N) is 1. The topological polar surface area (TPSA) is 50.5 Å². The molecule has 3 N–H and O–H groups in total. The minimum atomic E-state index is 0.0466. The molecule has 1 saturated heterocycles. The molecule has 1 aliphatic rings. The molecule has 5 heteroatoms. The molecule has 0 spiro atoms. The Morgan fingerprint density at radius 1 is 1.44 bits per heavy atom. The van der Waals surface area contributed by atoms with Crippen molar-refractivity contribution >= 4 is 15.9 Å². The molecule has 1 fully saturated rings. The monoisotopic (exact) mass is 313 g/mol. The summed E-state index contributed by atoms with van der Waals surface area (Å²) in [4.78, 5) is 2.40. The van der Waals surface area contributed by atoms with Gasteiger partial charge >= 0.3 is 0 Å². The molecule has 1 aromatic carbocycles. The van der Waals surface area contributed by atoms with Gasteiger partial charge in [0.1, 0.15) is 5.75 Å². The maximum atomic E-state index is 6.26. The Balaban J connectivity index is 1.99. The van der Waals surface area contributed by atoms with E-state index in [-0.39, 0.29) is 6.04 Å². The van der Waals surface area contributed by atoms with Gasteiger partial charge in [0, 0.05) is 38.8 Å². The minimum Gasteiger partial charge on any atom is -0.496 e. The first-order valence-electron chi connectivity index (χ1n) is 6.23. The zero-order valence-corrected chi connectivity index (χ0v) is 12.2. The molecule has 100 valence electrons. The van der Waals surface area contributed by atoms with E-state index in [9.17, 15) is 0 Å². The Morgan fingerprint density at radius 3 is 2.78 bits per heavy atom. The number of nitrogens with one attached hydrogen (secondary N) is 1. The molecule has 2 rings (SSSR count). The summed E-state index contributed by atoms with van der Waals surface area (Å²) < 4.78 is 6.18. The molecule has 4 nitrogen and oxygen atoms in total. The zero-order chi connectivity index (χ0) is 13.0. The van der Waals surface area contributed by atoms with Crippen LogP contribution in [0.5, 0.6) is 5.75 Å². The molecular formula is C13H20BrN3O. The van der Waals surface area contributed by atoms with Crippen molar-refractivity contribution in [3.63, 3.8) is 0 Å². The first-order valence-corrected chi connectivity index (χ1v) is 7.02. The van der Waals surface area contributed by atoms with Gasteiger partial charge in [0.2, 0.25) is 0 Å². The Hall–Kier alpha value is -0.620. The molecule has 0 aliphatic carbocycles. The van der Waals surface area contributed by atoms with Crippen LogP contribution in [0.3, 0.4) is 0 Å². The summed E-state index contributed by atoms with van der Waals surface area (Å²) in [6.45, 7) is 5.16. The second-order valence-corrected chi connectivity index (χ2v) is 5.41. The van der Waals surface area contributed by atoms with Crippen molar-refractivity contribution in [2.75, 3.05) is 39.8 Å². The van der Waals surface area contributed by atoms with E-state index in [1.165, 1.54) is 0 Å². The standard InChI is InChI=1S/C13H20BrN3O/c1-18-13-3-2-10(8-11(13)14)12(15)9-17-6-4-16-5-7-17/h2-3,8,12,16H,4-7,9,15H2,1H3. The normalized spacial score (nSPS) is 18.6. The number of benzene rings is 1. The average molecular weight is 314 g/mol. The Kier molecular flexibility index (Phi) is 5.00. The lowest BCUT2D eigenvalue weighted by Gasteiger charge is -2.29. The van der Waals surface area contributed by atoms with Gasteiger partial charge in [0.15, 0.2) is 0 Å². The van der Waals surface area contributed by atoms with Crippen LogP contribution >= 0.6 is 15.9 Å². The van der Waals surface area contributed by atoms with Crippen molar-refractivity contribution in [2.45, 2.75) is 6.04 Å². The van der Waals surface area contributed by atoms with Crippen LogP contribution in [0.15, 0.2) is 22.7 Å². The first kappa shape index (κ1) is 13.8. The molecule has 1 heterocycles. The largest absolute Gasteiger partial charge is 0.496 e. The van der Waals surface area contributed by atoms with Crippen LogP contribution in [0.4, 0.5) is 0 Å². The van der Waals surface area contributed by atoms with Crippen LogP contribution in [0.25, 0.3) is 0 Å². The second kappa shape index (κ2) is 6.52. The highest BCUT2D eigenvalue weighted by Gasteiger charge is 2.15. The lowest BCUT2D eigenvalue weighted by Crippen LogP contribution is -2.45. The minimum absolute atomic E-state index is 0.0466. The molecular weight excluding hydrogens is 294 g/mol. The number of halogens is 1. The number of hydrogen-bond acceptors (Lipinski definition) is 4.